The van der Waals surface area contributed by atoms with Gasteiger partial charge in [-0.2, -0.15) is 0 Å². The third-order valence-corrected chi connectivity index (χ3v) is 9.67. The number of Topliss-reactive ketones (excluding diaryl/α,β-unsaturated/α-hetero) is 2. The van der Waals surface area contributed by atoms with Gasteiger partial charge in [0.2, 0.25) is 11.6 Å². The van der Waals surface area contributed by atoms with E-state index in [0.29, 0.717) is 37.0 Å². The van der Waals surface area contributed by atoms with Gasteiger partial charge >= 0.3 is 0 Å². The van der Waals surface area contributed by atoms with Gasteiger partial charge in [0.25, 0.3) is 0 Å². The van der Waals surface area contributed by atoms with Crippen LogP contribution in [-0.2, 0) is 9.59 Å². The Kier molecular flexibility index (Phi) is 3.96. The molecule has 0 heterocycles. The lowest BCUT2D eigenvalue weighted by Crippen LogP contribution is -2.66. The zero-order valence-corrected chi connectivity index (χ0v) is 17.2. The van der Waals surface area contributed by atoms with Crippen LogP contribution in [0.15, 0.2) is 12.7 Å². The highest BCUT2D eigenvalue weighted by atomic mass is 16.3. The van der Waals surface area contributed by atoms with Crippen molar-refractivity contribution < 1.29 is 19.8 Å². The lowest BCUT2D eigenvalue weighted by atomic mass is 9.45. The highest BCUT2D eigenvalue weighted by Gasteiger charge is 2.71. The van der Waals surface area contributed by atoms with E-state index in [-0.39, 0.29) is 17.8 Å². The lowest BCUT2D eigenvalue weighted by molar-refractivity contribution is -0.201. The Morgan fingerprint density at radius 1 is 1.11 bits per heavy atom. The molecule has 4 heteroatoms. The topological polar surface area (TPSA) is 74.6 Å². The second-order valence-electron chi connectivity index (χ2n) is 10.8. The predicted molar refractivity (Wildman–Crippen MR) is 103 cm³/mol. The third kappa shape index (κ3) is 2.17. The zero-order valence-electron chi connectivity index (χ0n) is 17.2. The number of aliphatic hydroxyl groups is 2. The Hall–Kier alpha value is -1.00. The summed E-state index contributed by atoms with van der Waals surface area (Å²) in [6.07, 6.45) is 2.67. The number of hydrogen-bond acceptors (Lipinski definition) is 4. The number of hydrogen-bond donors (Lipinski definition) is 2. The van der Waals surface area contributed by atoms with Crippen LogP contribution in [0.5, 0.6) is 0 Å². The summed E-state index contributed by atoms with van der Waals surface area (Å²) in [5.41, 5.74) is -2.81. The molecule has 4 saturated carbocycles. The first-order valence-corrected chi connectivity index (χ1v) is 10.5. The zero-order chi connectivity index (χ0) is 20.1. The Morgan fingerprint density at radius 2 is 1.74 bits per heavy atom. The van der Waals surface area contributed by atoms with Gasteiger partial charge in [-0.05, 0) is 61.7 Å². The van der Waals surface area contributed by atoms with Gasteiger partial charge in [0.05, 0.1) is 17.1 Å². The summed E-state index contributed by atoms with van der Waals surface area (Å²) in [4.78, 5) is 27.1. The molecule has 4 fully saturated rings. The van der Waals surface area contributed by atoms with Gasteiger partial charge < -0.3 is 10.2 Å². The number of fused-ring (bicyclic) bond motifs is 5. The molecule has 150 valence electrons. The summed E-state index contributed by atoms with van der Waals surface area (Å²) >= 11 is 0. The number of allylic oxidation sites excluding steroid dienone is 1. The van der Waals surface area contributed by atoms with Crippen molar-refractivity contribution in [2.75, 3.05) is 0 Å². The average molecular weight is 375 g/mol. The van der Waals surface area contributed by atoms with E-state index in [2.05, 4.69) is 13.5 Å². The van der Waals surface area contributed by atoms with Crippen LogP contribution in [0.25, 0.3) is 0 Å². The maximum Gasteiger partial charge on any atom is 0.207 e. The minimum Gasteiger partial charge on any atom is -0.392 e. The molecule has 0 amide bonds. The molecule has 0 saturated heterocycles. The number of rotatable bonds is 1. The Bertz CT molecular complexity index is 711. The van der Waals surface area contributed by atoms with Crippen molar-refractivity contribution >= 4 is 11.6 Å². The Labute approximate surface area is 162 Å². The summed E-state index contributed by atoms with van der Waals surface area (Å²) in [6, 6.07) is 0. The molecule has 0 spiro atoms. The quantitative estimate of drug-likeness (QED) is 0.546. The lowest BCUT2D eigenvalue weighted by Gasteiger charge is -2.60. The number of carbonyl (C=O) groups is 2. The first-order chi connectivity index (χ1) is 12.4. The fourth-order valence-electron chi connectivity index (χ4n) is 7.45. The van der Waals surface area contributed by atoms with E-state index in [1.165, 1.54) is 0 Å². The smallest absolute Gasteiger partial charge is 0.207 e. The van der Waals surface area contributed by atoms with Gasteiger partial charge in [0.1, 0.15) is 0 Å². The van der Waals surface area contributed by atoms with E-state index >= 15 is 0 Å². The number of ketones is 2. The number of aliphatic hydroxyl groups excluding tert-OH is 1. The van der Waals surface area contributed by atoms with Crippen LogP contribution in [0.2, 0.25) is 0 Å². The summed E-state index contributed by atoms with van der Waals surface area (Å²) in [5, 5.41) is 22.9. The number of carbonyl (C=O) groups excluding carboxylic acids is 2. The standard InChI is InChI=1S/C23H34O4/c1-7-13-9-23(27)10-15-17-12(3)14(17)8-16(24)22(15,6)20(26)19(25)18(11(13)2)21(23,4)5/h7,11-18,24,27H,1,8-10H2,2-6H3. The summed E-state index contributed by atoms with van der Waals surface area (Å²) < 4.78 is 0. The van der Waals surface area contributed by atoms with Crippen LogP contribution in [0.4, 0.5) is 0 Å². The molecular formula is C23H34O4. The van der Waals surface area contributed by atoms with E-state index in [4.69, 9.17) is 0 Å². The maximum absolute atomic E-state index is 13.6. The van der Waals surface area contributed by atoms with E-state index in [1.54, 1.807) is 6.92 Å². The SMILES string of the molecule is C=CC1CC2(O)CC3C4C(C)C4CC(O)C3(C)C(=O)C(=O)C(C1C)C2(C)C. The minimum atomic E-state index is -1.08. The molecule has 4 rings (SSSR count). The largest absolute Gasteiger partial charge is 0.392 e. The van der Waals surface area contributed by atoms with Crippen LogP contribution in [0.3, 0.4) is 0 Å². The van der Waals surface area contributed by atoms with Crippen molar-refractivity contribution in [2.24, 2.45) is 52.3 Å². The predicted octanol–water partition coefficient (Wildman–Crippen LogP) is 3.01. The molecule has 10 unspecified atom stereocenters. The molecule has 0 aromatic carbocycles. The van der Waals surface area contributed by atoms with Gasteiger partial charge in [-0.1, -0.05) is 33.8 Å². The van der Waals surface area contributed by atoms with Crippen molar-refractivity contribution in [1.29, 1.82) is 0 Å². The summed E-state index contributed by atoms with van der Waals surface area (Å²) in [7, 11) is 0. The molecule has 2 N–H and O–H groups in total. The highest BCUT2D eigenvalue weighted by molar-refractivity contribution is 6.40. The van der Waals surface area contributed by atoms with Crippen molar-refractivity contribution in [1.82, 2.24) is 0 Å². The monoisotopic (exact) mass is 374 g/mol. The van der Waals surface area contributed by atoms with Crippen molar-refractivity contribution in [3.8, 4) is 0 Å². The van der Waals surface area contributed by atoms with Gasteiger partial charge in [0, 0.05) is 11.3 Å². The molecule has 27 heavy (non-hydrogen) atoms. The maximum atomic E-state index is 13.6. The molecule has 2 bridgehead atoms. The molecular weight excluding hydrogens is 340 g/mol. The van der Waals surface area contributed by atoms with E-state index < -0.39 is 40.0 Å². The molecule has 4 aliphatic rings. The molecule has 0 aromatic rings. The normalized spacial score (nSPS) is 56.4. The van der Waals surface area contributed by atoms with Crippen LogP contribution >= 0.6 is 0 Å². The highest BCUT2D eigenvalue weighted by Crippen LogP contribution is 2.68. The summed E-state index contributed by atoms with van der Waals surface area (Å²) in [6.45, 7) is 13.8. The van der Waals surface area contributed by atoms with Gasteiger partial charge in [-0.25, -0.2) is 0 Å². The van der Waals surface area contributed by atoms with Crippen molar-refractivity contribution in [3.05, 3.63) is 12.7 Å². The average Bonchev–Trinajstić information content (AvgIpc) is 3.22. The molecule has 10 atom stereocenters. The second-order valence-corrected chi connectivity index (χ2v) is 10.8. The van der Waals surface area contributed by atoms with Crippen molar-refractivity contribution in [3.63, 3.8) is 0 Å². The molecule has 4 aliphatic carbocycles. The van der Waals surface area contributed by atoms with Crippen LogP contribution in [0, 0.1) is 52.3 Å². The van der Waals surface area contributed by atoms with Gasteiger partial charge in [-0.3, -0.25) is 9.59 Å². The first kappa shape index (κ1) is 19.3. The fraction of sp³-hybridized carbons (Fsp3) is 0.826. The van der Waals surface area contributed by atoms with Crippen LogP contribution in [0.1, 0.15) is 53.9 Å². The van der Waals surface area contributed by atoms with E-state index in [9.17, 15) is 19.8 Å². The molecule has 4 nitrogen and oxygen atoms in total. The van der Waals surface area contributed by atoms with Gasteiger partial charge in [0.15, 0.2) is 0 Å². The van der Waals surface area contributed by atoms with Crippen LogP contribution < -0.4 is 0 Å². The minimum absolute atomic E-state index is 0.00932. The Balaban J connectivity index is 1.89. The molecule has 0 aliphatic heterocycles. The summed E-state index contributed by atoms with van der Waals surface area (Å²) in [5.74, 6) is -0.391. The van der Waals surface area contributed by atoms with Crippen molar-refractivity contribution in [2.45, 2.75) is 65.6 Å². The third-order valence-electron chi connectivity index (χ3n) is 9.67. The molecule has 0 radical (unpaired) electrons. The fourth-order valence-corrected chi connectivity index (χ4v) is 7.45. The van der Waals surface area contributed by atoms with E-state index in [1.807, 2.05) is 26.8 Å². The first-order valence-electron chi connectivity index (χ1n) is 10.5. The Morgan fingerprint density at radius 3 is 2.33 bits per heavy atom. The van der Waals surface area contributed by atoms with Gasteiger partial charge in [-0.15, -0.1) is 6.58 Å². The second kappa shape index (κ2) is 5.54. The molecule has 0 aromatic heterocycles. The van der Waals surface area contributed by atoms with E-state index in [0.717, 1.165) is 0 Å². The van der Waals surface area contributed by atoms with Crippen LogP contribution in [-0.4, -0.2) is 33.5 Å².